The van der Waals surface area contributed by atoms with Crippen LogP contribution >= 0.6 is 11.6 Å². The lowest BCUT2D eigenvalue weighted by atomic mass is 9.97. The minimum Gasteiger partial charge on any atom is -0.493 e. The number of ketones is 1. The second-order valence-electron chi connectivity index (χ2n) is 8.59. The molecule has 4 rings (SSSR count). The van der Waals surface area contributed by atoms with Gasteiger partial charge in [-0.05, 0) is 43.2 Å². The maximum atomic E-state index is 13.4. The van der Waals surface area contributed by atoms with Crippen LogP contribution in [-0.2, 0) is 14.8 Å². The van der Waals surface area contributed by atoms with Crippen LogP contribution in [0.5, 0.6) is 11.5 Å². The molecule has 1 atom stereocenters. The lowest BCUT2D eigenvalue weighted by molar-refractivity contribution is -0.120. The third-order valence-corrected chi connectivity index (χ3v) is 8.36. The first kappa shape index (κ1) is 26.7. The van der Waals surface area contributed by atoms with Crippen molar-refractivity contribution in [3.05, 3.63) is 82.9 Å². The first-order chi connectivity index (χ1) is 17.7. The number of hydrogen-bond donors (Lipinski definition) is 1. The van der Waals surface area contributed by atoms with E-state index in [9.17, 15) is 18.0 Å². The van der Waals surface area contributed by atoms with Gasteiger partial charge in [0, 0.05) is 35.3 Å². The van der Waals surface area contributed by atoms with Gasteiger partial charge in [-0.3, -0.25) is 9.59 Å². The number of nitrogens with zero attached hydrogens (tertiary/aromatic N) is 1. The van der Waals surface area contributed by atoms with Crippen molar-refractivity contribution in [2.24, 2.45) is 5.92 Å². The molecule has 1 saturated heterocycles. The molecule has 3 aromatic rings. The number of amides is 1. The number of carbonyl (C=O) groups excluding carboxylic acids is 2. The molecule has 1 fully saturated rings. The number of benzene rings is 3. The highest BCUT2D eigenvalue weighted by Crippen LogP contribution is 2.32. The van der Waals surface area contributed by atoms with E-state index >= 15 is 0 Å². The molecular weight excluding hydrogens is 516 g/mol. The van der Waals surface area contributed by atoms with E-state index in [0.29, 0.717) is 47.2 Å². The maximum absolute atomic E-state index is 13.4. The van der Waals surface area contributed by atoms with Crippen molar-refractivity contribution < 1.29 is 27.5 Å². The topological polar surface area (TPSA) is 102 Å². The summed E-state index contributed by atoms with van der Waals surface area (Å²) in [4.78, 5) is 26.4. The molecule has 194 valence electrons. The summed E-state index contributed by atoms with van der Waals surface area (Å²) in [6.07, 6.45) is 1.03. The summed E-state index contributed by atoms with van der Waals surface area (Å²) >= 11 is 6.15. The molecule has 1 aliphatic heterocycles. The van der Waals surface area contributed by atoms with Crippen LogP contribution in [0.25, 0.3) is 0 Å². The van der Waals surface area contributed by atoms with E-state index in [1.807, 2.05) is 6.07 Å². The van der Waals surface area contributed by atoms with Crippen LogP contribution in [0.2, 0.25) is 5.02 Å². The van der Waals surface area contributed by atoms with Gasteiger partial charge >= 0.3 is 0 Å². The Bertz CT molecular complexity index is 1410. The number of halogens is 1. The van der Waals surface area contributed by atoms with Gasteiger partial charge in [-0.25, -0.2) is 8.42 Å². The maximum Gasteiger partial charge on any atom is 0.243 e. The van der Waals surface area contributed by atoms with Crippen LogP contribution in [0.15, 0.2) is 71.6 Å². The third kappa shape index (κ3) is 5.79. The van der Waals surface area contributed by atoms with Crippen LogP contribution < -0.4 is 14.8 Å². The Morgan fingerprint density at radius 3 is 2.41 bits per heavy atom. The zero-order chi connectivity index (χ0) is 26.6. The first-order valence-corrected chi connectivity index (χ1v) is 13.5. The van der Waals surface area contributed by atoms with Gasteiger partial charge in [0.1, 0.15) is 0 Å². The molecule has 0 aliphatic carbocycles. The lowest BCUT2D eigenvalue weighted by Crippen LogP contribution is -2.43. The van der Waals surface area contributed by atoms with Crippen LogP contribution in [0.1, 0.15) is 28.8 Å². The standard InChI is InChI=1S/C27H27ClN2O6S/c1-35-24-13-11-21(16-25(24)36-2)37(33,34)30-14-6-9-19(17-30)27(32)29-23-12-10-20(28)15-22(23)26(31)18-7-4-3-5-8-18/h3-5,7-8,10-13,15-16,19H,6,9,14,17H2,1-2H3,(H,29,32)/t19-/m1/s1. The van der Waals surface area contributed by atoms with Crippen molar-refractivity contribution in [3.8, 4) is 11.5 Å². The average Bonchev–Trinajstić information content (AvgIpc) is 2.93. The van der Waals surface area contributed by atoms with Crippen LogP contribution in [0, 0.1) is 5.92 Å². The number of nitrogens with one attached hydrogen (secondary N) is 1. The number of piperidine rings is 1. The number of ether oxygens (including phenoxy) is 2. The van der Waals surface area contributed by atoms with E-state index in [2.05, 4.69) is 5.32 Å². The number of anilines is 1. The van der Waals surface area contributed by atoms with Gasteiger partial charge in [-0.2, -0.15) is 4.31 Å². The van der Waals surface area contributed by atoms with E-state index in [0.717, 1.165) is 0 Å². The third-order valence-electron chi connectivity index (χ3n) is 6.27. The molecule has 0 radical (unpaired) electrons. The van der Waals surface area contributed by atoms with Gasteiger partial charge in [0.2, 0.25) is 15.9 Å². The molecule has 0 spiro atoms. The Kier molecular flexibility index (Phi) is 8.16. The predicted molar refractivity (Wildman–Crippen MR) is 141 cm³/mol. The van der Waals surface area contributed by atoms with Gasteiger partial charge in [-0.1, -0.05) is 41.9 Å². The number of hydrogen-bond acceptors (Lipinski definition) is 6. The Morgan fingerprint density at radius 2 is 1.70 bits per heavy atom. The molecule has 37 heavy (non-hydrogen) atoms. The van der Waals surface area contributed by atoms with Gasteiger partial charge < -0.3 is 14.8 Å². The fourth-order valence-electron chi connectivity index (χ4n) is 4.29. The molecule has 0 bridgehead atoms. The summed E-state index contributed by atoms with van der Waals surface area (Å²) in [5.74, 6) is -0.523. The molecule has 0 unspecified atom stereocenters. The Hall–Kier alpha value is -3.40. The van der Waals surface area contributed by atoms with Crippen LogP contribution in [-0.4, -0.2) is 51.7 Å². The van der Waals surface area contributed by atoms with Crippen molar-refractivity contribution in [2.75, 3.05) is 32.6 Å². The summed E-state index contributed by atoms with van der Waals surface area (Å²) in [5, 5.41) is 3.19. The van der Waals surface area contributed by atoms with Gasteiger partial charge in [0.15, 0.2) is 17.3 Å². The molecule has 10 heteroatoms. The number of methoxy groups -OCH3 is 2. The summed E-state index contributed by atoms with van der Waals surface area (Å²) in [6.45, 7) is 0.303. The molecule has 3 aromatic carbocycles. The van der Waals surface area contributed by atoms with Crippen molar-refractivity contribution in [1.29, 1.82) is 0 Å². The fourth-order valence-corrected chi connectivity index (χ4v) is 6.01. The van der Waals surface area contributed by atoms with Crippen LogP contribution in [0.4, 0.5) is 5.69 Å². The van der Waals surface area contributed by atoms with E-state index < -0.39 is 15.9 Å². The lowest BCUT2D eigenvalue weighted by Gasteiger charge is -2.31. The Morgan fingerprint density at radius 1 is 0.973 bits per heavy atom. The SMILES string of the molecule is COc1ccc(S(=O)(=O)N2CCC[C@@H](C(=O)Nc3ccc(Cl)cc3C(=O)c3ccccc3)C2)cc1OC. The summed E-state index contributed by atoms with van der Waals surface area (Å²) in [6, 6.07) is 17.8. The normalized spacial score (nSPS) is 16.1. The quantitative estimate of drug-likeness (QED) is 0.416. The Labute approximate surface area is 221 Å². The predicted octanol–water partition coefficient (Wildman–Crippen LogP) is 4.63. The molecule has 1 amide bonds. The van der Waals surface area contributed by atoms with Crippen molar-refractivity contribution in [1.82, 2.24) is 4.31 Å². The summed E-state index contributed by atoms with van der Waals surface area (Å²) < 4.78 is 38.5. The molecule has 0 aromatic heterocycles. The summed E-state index contributed by atoms with van der Waals surface area (Å²) in [5.41, 5.74) is 1.05. The molecular formula is C27H27ClN2O6S. The smallest absolute Gasteiger partial charge is 0.243 e. The second-order valence-corrected chi connectivity index (χ2v) is 11.0. The van der Waals surface area contributed by atoms with Crippen molar-refractivity contribution in [3.63, 3.8) is 0 Å². The number of sulfonamides is 1. The van der Waals surface area contributed by atoms with Gasteiger partial charge in [-0.15, -0.1) is 0 Å². The van der Waals surface area contributed by atoms with Crippen molar-refractivity contribution >= 4 is 39.0 Å². The number of rotatable bonds is 8. The monoisotopic (exact) mass is 542 g/mol. The Balaban J connectivity index is 1.54. The first-order valence-electron chi connectivity index (χ1n) is 11.7. The average molecular weight is 543 g/mol. The van der Waals surface area contributed by atoms with Crippen LogP contribution in [0.3, 0.4) is 0 Å². The minimum atomic E-state index is -3.88. The molecule has 1 aliphatic rings. The molecule has 8 nitrogen and oxygen atoms in total. The van der Waals surface area contributed by atoms with E-state index in [4.69, 9.17) is 21.1 Å². The highest BCUT2D eigenvalue weighted by atomic mass is 35.5. The van der Waals surface area contributed by atoms with E-state index in [1.54, 1.807) is 36.4 Å². The number of carbonyl (C=O) groups is 2. The molecule has 1 N–H and O–H groups in total. The van der Waals surface area contributed by atoms with Crippen molar-refractivity contribution in [2.45, 2.75) is 17.7 Å². The fraction of sp³-hybridized carbons (Fsp3) is 0.259. The zero-order valence-electron chi connectivity index (χ0n) is 20.4. The van der Waals surface area contributed by atoms with E-state index in [-0.39, 0.29) is 28.7 Å². The van der Waals surface area contributed by atoms with Gasteiger partial charge in [0.05, 0.1) is 30.7 Å². The highest BCUT2D eigenvalue weighted by Gasteiger charge is 2.34. The highest BCUT2D eigenvalue weighted by molar-refractivity contribution is 7.89. The largest absolute Gasteiger partial charge is 0.493 e. The van der Waals surface area contributed by atoms with Gasteiger partial charge in [0.25, 0.3) is 0 Å². The molecule has 0 saturated carbocycles. The molecule has 1 heterocycles. The zero-order valence-corrected chi connectivity index (χ0v) is 22.0. The summed E-state index contributed by atoms with van der Waals surface area (Å²) in [7, 11) is -0.971. The minimum absolute atomic E-state index is 0.0120. The second kappa shape index (κ2) is 11.3. The van der Waals surface area contributed by atoms with E-state index in [1.165, 1.54) is 42.8 Å².